The van der Waals surface area contributed by atoms with Crippen LogP contribution in [0.15, 0.2) is 12.1 Å². The molecule has 2 atom stereocenters. The van der Waals surface area contributed by atoms with E-state index in [-0.39, 0.29) is 17.7 Å². The van der Waals surface area contributed by atoms with Crippen molar-refractivity contribution in [3.8, 4) is 0 Å². The van der Waals surface area contributed by atoms with Crippen LogP contribution in [0.3, 0.4) is 0 Å². The van der Waals surface area contributed by atoms with Gasteiger partial charge in [-0.1, -0.05) is 20.3 Å². The van der Waals surface area contributed by atoms with E-state index in [2.05, 4.69) is 30.8 Å². The number of carbonyl (C=O) groups excluding carboxylic acids is 1. The lowest BCUT2D eigenvalue weighted by Gasteiger charge is -2.32. The van der Waals surface area contributed by atoms with Crippen LogP contribution in [-0.4, -0.2) is 61.4 Å². The molecule has 2 aromatic rings. The summed E-state index contributed by atoms with van der Waals surface area (Å²) in [6.45, 7) is 5.09. The Morgan fingerprint density at radius 2 is 2.08 bits per heavy atom. The van der Waals surface area contributed by atoms with Crippen LogP contribution in [-0.2, 0) is 9.59 Å². The van der Waals surface area contributed by atoms with E-state index in [1.807, 2.05) is 19.9 Å². The lowest BCUT2D eigenvalue weighted by atomic mass is 9.93. The maximum absolute atomic E-state index is 12.5. The summed E-state index contributed by atoms with van der Waals surface area (Å²) in [7, 11) is 0. The van der Waals surface area contributed by atoms with E-state index in [4.69, 9.17) is 0 Å². The first-order chi connectivity index (χ1) is 12.5. The molecule has 2 N–H and O–H groups in total. The van der Waals surface area contributed by atoms with E-state index in [1.54, 1.807) is 6.07 Å². The molecule has 0 spiro atoms. The Hall–Kier alpha value is -2.78. The normalized spacial score (nSPS) is 17.8. The second-order valence-electron chi connectivity index (χ2n) is 6.69. The molecule has 1 fully saturated rings. The van der Waals surface area contributed by atoms with Crippen LogP contribution in [0.2, 0.25) is 0 Å². The number of carboxylic acid groups (broad SMARTS) is 1. The Balaban J connectivity index is 1.58. The summed E-state index contributed by atoms with van der Waals surface area (Å²) in [6, 6.07) is 2.81. The quantitative estimate of drug-likeness (QED) is 0.755. The molecular weight excluding hydrogens is 338 g/mol. The number of tetrazole rings is 1. The van der Waals surface area contributed by atoms with Crippen LogP contribution in [0.25, 0.3) is 5.65 Å². The number of nitrogens with one attached hydrogen (secondary N) is 1. The summed E-state index contributed by atoms with van der Waals surface area (Å²) in [6.07, 6.45) is 1.99. The predicted molar refractivity (Wildman–Crippen MR) is 92.5 cm³/mol. The number of piperidine rings is 1. The van der Waals surface area contributed by atoms with Crippen LogP contribution in [0, 0.1) is 11.8 Å². The molecule has 2 aromatic heterocycles. The minimum absolute atomic E-state index is 0.108. The number of amides is 1. The van der Waals surface area contributed by atoms with Crippen LogP contribution in [0.4, 0.5) is 5.82 Å². The lowest BCUT2D eigenvalue weighted by molar-refractivity contribution is -0.144. The van der Waals surface area contributed by atoms with Gasteiger partial charge in [-0.2, -0.15) is 0 Å². The first-order valence-corrected chi connectivity index (χ1v) is 8.83. The van der Waals surface area contributed by atoms with E-state index < -0.39 is 12.0 Å². The fraction of sp³-hybridized carbons (Fsp3) is 0.625. The first kappa shape index (κ1) is 18.0. The molecule has 1 saturated heterocycles. The van der Waals surface area contributed by atoms with Gasteiger partial charge in [0, 0.05) is 19.0 Å². The highest BCUT2D eigenvalue weighted by Crippen LogP contribution is 2.22. The molecule has 1 amide bonds. The minimum Gasteiger partial charge on any atom is -0.480 e. The van der Waals surface area contributed by atoms with Crippen molar-refractivity contribution in [3.63, 3.8) is 0 Å². The molecule has 140 valence electrons. The number of aromatic nitrogens is 5. The number of rotatable bonds is 6. The highest BCUT2D eigenvalue weighted by atomic mass is 16.4. The fourth-order valence-electron chi connectivity index (χ4n) is 3.13. The molecule has 26 heavy (non-hydrogen) atoms. The maximum Gasteiger partial charge on any atom is 0.326 e. The third kappa shape index (κ3) is 3.73. The van der Waals surface area contributed by atoms with Crippen molar-refractivity contribution >= 4 is 23.3 Å². The van der Waals surface area contributed by atoms with Gasteiger partial charge in [-0.25, -0.2) is 4.79 Å². The minimum atomic E-state index is -0.982. The largest absolute Gasteiger partial charge is 0.480 e. The van der Waals surface area contributed by atoms with Crippen molar-refractivity contribution in [3.05, 3.63) is 12.1 Å². The monoisotopic (exact) mass is 361 g/mol. The summed E-state index contributed by atoms with van der Waals surface area (Å²) < 4.78 is 1.37. The van der Waals surface area contributed by atoms with Gasteiger partial charge in [-0.05, 0) is 41.3 Å². The molecule has 3 rings (SSSR count). The molecule has 1 aliphatic rings. The fourth-order valence-corrected chi connectivity index (χ4v) is 3.13. The zero-order chi connectivity index (χ0) is 18.7. The Bertz CT molecular complexity index is 785. The van der Waals surface area contributed by atoms with Gasteiger partial charge in [0.15, 0.2) is 11.5 Å². The Kier molecular flexibility index (Phi) is 5.29. The van der Waals surface area contributed by atoms with E-state index >= 15 is 0 Å². The van der Waals surface area contributed by atoms with Crippen molar-refractivity contribution in [1.82, 2.24) is 30.6 Å². The maximum atomic E-state index is 12.5. The second kappa shape index (κ2) is 7.63. The molecular formula is C16H23N7O3. The topological polar surface area (TPSA) is 126 Å². The van der Waals surface area contributed by atoms with E-state index in [0.29, 0.717) is 38.0 Å². The smallest absolute Gasteiger partial charge is 0.326 e. The number of hydrogen-bond donors (Lipinski definition) is 2. The second-order valence-corrected chi connectivity index (χ2v) is 6.69. The molecule has 0 aromatic carbocycles. The average Bonchev–Trinajstić information content (AvgIpc) is 3.13. The molecule has 10 heteroatoms. The lowest BCUT2D eigenvalue weighted by Crippen LogP contribution is -2.49. The Morgan fingerprint density at radius 3 is 2.73 bits per heavy atom. The molecule has 0 bridgehead atoms. The standard InChI is InChI=1S/C16H23N7O3/c1-3-10(2)14(16(25)26)17-15(24)11-6-8-22(9-7-11)13-5-4-12-18-20-21-23(12)19-13/h4-5,10-11,14H,3,6-9H2,1-2H3,(H,17,24)(H,25,26)/t10-,14-/m0/s1. The number of aliphatic carboxylic acids is 1. The highest BCUT2D eigenvalue weighted by molar-refractivity contribution is 5.85. The van der Waals surface area contributed by atoms with Gasteiger partial charge in [-0.3, -0.25) is 4.79 Å². The molecule has 0 unspecified atom stereocenters. The summed E-state index contributed by atoms with van der Waals surface area (Å²) in [5, 5.41) is 27.6. The van der Waals surface area contributed by atoms with Crippen LogP contribution < -0.4 is 10.2 Å². The highest BCUT2D eigenvalue weighted by Gasteiger charge is 2.31. The molecule has 0 radical (unpaired) electrons. The van der Waals surface area contributed by atoms with Gasteiger partial charge in [0.1, 0.15) is 6.04 Å². The molecule has 0 aliphatic carbocycles. The number of anilines is 1. The number of fused-ring (bicyclic) bond motifs is 1. The van der Waals surface area contributed by atoms with E-state index in [0.717, 1.165) is 5.82 Å². The third-order valence-electron chi connectivity index (χ3n) is 5.02. The van der Waals surface area contributed by atoms with Crippen molar-refractivity contribution in [2.75, 3.05) is 18.0 Å². The number of carbonyl (C=O) groups is 2. The zero-order valence-electron chi connectivity index (χ0n) is 14.9. The van der Waals surface area contributed by atoms with E-state index in [1.165, 1.54) is 4.63 Å². The van der Waals surface area contributed by atoms with Crippen LogP contribution in [0.5, 0.6) is 0 Å². The van der Waals surface area contributed by atoms with Gasteiger partial charge < -0.3 is 15.3 Å². The SMILES string of the molecule is CC[C@H](C)[C@H](NC(=O)C1CCN(c2ccc3nnnn3n2)CC1)C(=O)O. The molecule has 0 saturated carbocycles. The third-order valence-corrected chi connectivity index (χ3v) is 5.02. The Labute approximate surface area is 150 Å². The van der Waals surface area contributed by atoms with Crippen molar-refractivity contribution in [1.29, 1.82) is 0 Å². The number of hydrogen-bond acceptors (Lipinski definition) is 7. The number of carboxylic acids is 1. The van der Waals surface area contributed by atoms with Crippen molar-refractivity contribution in [2.24, 2.45) is 11.8 Å². The van der Waals surface area contributed by atoms with Crippen LogP contribution in [0.1, 0.15) is 33.1 Å². The molecule has 1 aliphatic heterocycles. The Morgan fingerprint density at radius 1 is 1.35 bits per heavy atom. The van der Waals surface area contributed by atoms with Gasteiger partial charge >= 0.3 is 5.97 Å². The van der Waals surface area contributed by atoms with Crippen molar-refractivity contribution < 1.29 is 14.7 Å². The summed E-state index contributed by atoms with van der Waals surface area (Å²) in [4.78, 5) is 25.9. The predicted octanol–water partition coefficient (Wildman–Crippen LogP) is 0.351. The van der Waals surface area contributed by atoms with Gasteiger partial charge in [0.25, 0.3) is 0 Å². The van der Waals surface area contributed by atoms with Gasteiger partial charge in [-0.15, -0.1) is 14.8 Å². The molecule has 10 nitrogen and oxygen atoms in total. The van der Waals surface area contributed by atoms with Crippen molar-refractivity contribution in [2.45, 2.75) is 39.2 Å². The van der Waals surface area contributed by atoms with Crippen LogP contribution >= 0.6 is 0 Å². The first-order valence-electron chi connectivity index (χ1n) is 8.83. The van der Waals surface area contributed by atoms with E-state index in [9.17, 15) is 14.7 Å². The zero-order valence-corrected chi connectivity index (χ0v) is 14.9. The van der Waals surface area contributed by atoms with Gasteiger partial charge in [0.2, 0.25) is 5.91 Å². The van der Waals surface area contributed by atoms with Gasteiger partial charge in [0.05, 0.1) is 0 Å². The summed E-state index contributed by atoms with van der Waals surface area (Å²) in [5.41, 5.74) is 0.577. The molecule has 3 heterocycles. The number of nitrogens with zero attached hydrogens (tertiary/aromatic N) is 6. The average molecular weight is 361 g/mol. The summed E-state index contributed by atoms with van der Waals surface area (Å²) in [5.74, 6) is -0.699. The summed E-state index contributed by atoms with van der Waals surface area (Å²) >= 11 is 0.